The zero-order chi connectivity index (χ0) is 7.56. The number of benzene rings is 1. The van der Waals surface area contributed by atoms with Gasteiger partial charge in [0.1, 0.15) is 0 Å². The minimum atomic E-state index is 1.19. The quantitative estimate of drug-likeness (QED) is 0.597. The van der Waals surface area contributed by atoms with Gasteiger partial charge in [0.25, 0.3) is 0 Å². The monoisotopic (exact) mass is 200 g/mol. The van der Waals surface area contributed by atoms with E-state index in [0.29, 0.717) is 0 Å². The molecule has 10 heavy (non-hydrogen) atoms. The summed E-state index contributed by atoms with van der Waals surface area (Å²) in [7, 11) is 4.07. The van der Waals surface area contributed by atoms with Crippen molar-refractivity contribution < 1.29 is 0 Å². The normalized spacial score (nSPS) is 9.40. The summed E-state index contributed by atoms with van der Waals surface area (Å²) in [6.45, 7) is 0. The SMILES string of the molecule is CN(C)c1ccc([Se])cc1. The van der Waals surface area contributed by atoms with Crippen LogP contribution in [-0.2, 0) is 0 Å². The molecule has 1 nitrogen and oxygen atoms in total. The minimum absolute atomic E-state index is 1.19. The maximum atomic E-state index is 2.95. The van der Waals surface area contributed by atoms with Crippen molar-refractivity contribution >= 4 is 26.2 Å². The van der Waals surface area contributed by atoms with E-state index in [1.165, 1.54) is 10.1 Å². The van der Waals surface area contributed by atoms with Gasteiger partial charge in [-0.2, -0.15) is 0 Å². The van der Waals surface area contributed by atoms with Crippen molar-refractivity contribution in [1.82, 2.24) is 0 Å². The van der Waals surface area contributed by atoms with Crippen LogP contribution in [0.15, 0.2) is 24.3 Å². The van der Waals surface area contributed by atoms with Crippen molar-refractivity contribution in [2.24, 2.45) is 0 Å². The summed E-state index contributed by atoms with van der Waals surface area (Å²) in [5.74, 6) is 0. The fraction of sp³-hybridized carbons (Fsp3) is 0.250. The number of anilines is 1. The van der Waals surface area contributed by atoms with E-state index < -0.39 is 0 Å². The summed E-state index contributed by atoms with van der Waals surface area (Å²) in [4.78, 5) is 2.08. The van der Waals surface area contributed by atoms with Crippen LogP contribution in [0.4, 0.5) is 5.69 Å². The standard InChI is InChI=1S/C8H10NSe/c1-9(2)7-3-5-8(10)6-4-7/h3-6H,1-2H3. The second-order valence-electron chi connectivity index (χ2n) is 2.39. The van der Waals surface area contributed by atoms with Gasteiger partial charge in [-0.25, -0.2) is 0 Å². The molecule has 53 valence electrons. The van der Waals surface area contributed by atoms with E-state index in [-0.39, 0.29) is 0 Å². The van der Waals surface area contributed by atoms with Gasteiger partial charge in [-0.05, 0) is 0 Å². The van der Waals surface area contributed by atoms with Gasteiger partial charge in [0, 0.05) is 0 Å². The fourth-order valence-corrected chi connectivity index (χ4v) is 1.03. The molecule has 1 rings (SSSR count). The molecule has 0 unspecified atom stereocenters. The van der Waals surface area contributed by atoms with Crippen LogP contribution < -0.4 is 9.36 Å². The van der Waals surface area contributed by atoms with Gasteiger partial charge in [-0.15, -0.1) is 0 Å². The molecule has 0 N–H and O–H groups in total. The van der Waals surface area contributed by atoms with E-state index in [0.717, 1.165) is 0 Å². The molecule has 0 saturated carbocycles. The average Bonchev–Trinajstić information content (AvgIpc) is 1.88. The van der Waals surface area contributed by atoms with E-state index in [1.54, 1.807) is 0 Å². The Hall–Kier alpha value is -0.461. The van der Waals surface area contributed by atoms with Crippen molar-refractivity contribution in [1.29, 1.82) is 0 Å². The first-order valence-electron chi connectivity index (χ1n) is 3.14. The third-order valence-corrected chi connectivity index (χ3v) is 1.92. The molecule has 0 atom stereocenters. The van der Waals surface area contributed by atoms with E-state index in [9.17, 15) is 0 Å². The molecule has 0 aliphatic rings. The van der Waals surface area contributed by atoms with Crippen LogP contribution in [-0.4, -0.2) is 30.1 Å². The van der Waals surface area contributed by atoms with Crippen LogP contribution >= 0.6 is 0 Å². The van der Waals surface area contributed by atoms with Crippen molar-refractivity contribution in [2.75, 3.05) is 19.0 Å². The predicted molar refractivity (Wildman–Crippen MR) is 46.2 cm³/mol. The Morgan fingerprint density at radius 2 is 1.60 bits per heavy atom. The summed E-state index contributed by atoms with van der Waals surface area (Å²) >= 11 is 2.95. The zero-order valence-corrected chi connectivity index (χ0v) is 7.88. The first-order chi connectivity index (χ1) is 4.70. The predicted octanol–water partition coefficient (Wildman–Crippen LogP) is 0.546. The summed E-state index contributed by atoms with van der Waals surface area (Å²) in [6, 6.07) is 8.31. The molecule has 1 aromatic carbocycles. The molecule has 0 heterocycles. The van der Waals surface area contributed by atoms with Crippen LogP contribution in [0.2, 0.25) is 0 Å². The molecule has 0 bridgehead atoms. The molecule has 1 aromatic rings. The van der Waals surface area contributed by atoms with Crippen molar-refractivity contribution in [3.63, 3.8) is 0 Å². The topological polar surface area (TPSA) is 3.24 Å². The van der Waals surface area contributed by atoms with Gasteiger partial charge >= 0.3 is 69.4 Å². The van der Waals surface area contributed by atoms with E-state index in [1.807, 2.05) is 14.1 Å². The van der Waals surface area contributed by atoms with Gasteiger partial charge in [0.2, 0.25) is 0 Å². The zero-order valence-electron chi connectivity index (χ0n) is 6.16. The molecule has 0 fully saturated rings. The van der Waals surface area contributed by atoms with Crippen LogP contribution in [0.3, 0.4) is 0 Å². The van der Waals surface area contributed by atoms with Crippen molar-refractivity contribution in [3.05, 3.63) is 24.3 Å². The Morgan fingerprint density at radius 1 is 1.10 bits per heavy atom. The van der Waals surface area contributed by atoms with Crippen LogP contribution in [0.1, 0.15) is 0 Å². The number of nitrogens with zero attached hydrogens (tertiary/aromatic N) is 1. The third-order valence-electron chi connectivity index (χ3n) is 1.35. The second-order valence-corrected chi connectivity index (χ2v) is 3.38. The fourth-order valence-electron chi connectivity index (χ4n) is 0.744. The molecule has 0 spiro atoms. The third kappa shape index (κ3) is 1.76. The molecule has 0 aromatic heterocycles. The summed E-state index contributed by atoms with van der Waals surface area (Å²) < 4.78 is 1.19. The molecular formula is C8H10NSe. The Kier molecular flexibility index (Phi) is 2.36. The van der Waals surface area contributed by atoms with Crippen molar-refractivity contribution in [3.8, 4) is 0 Å². The number of hydrogen-bond donors (Lipinski definition) is 0. The van der Waals surface area contributed by atoms with E-state index in [2.05, 4.69) is 45.2 Å². The summed E-state index contributed by atoms with van der Waals surface area (Å²) in [5, 5.41) is 0. The molecule has 0 aliphatic carbocycles. The van der Waals surface area contributed by atoms with Gasteiger partial charge in [-0.3, -0.25) is 0 Å². The van der Waals surface area contributed by atoms with Gasteiger partial charge in [-0.1, -0.05) is 0 Å². The first kappa shape index (κ1) is 7.64. The van der Waals surface area contributed by atoms with Gasteiger partial charge in [0.05, 0.1) is 0 Å². The average molecular weight is 199 g/mol. The number of hydrogen-bond acceptors (Lipinski definition) is 1. The molecule has 0 saturated heterocycles. The first-order valence-corrected chi connectivity index (χ1v) is 4.00. The molecule has 2 heteroatoms. The van der Waals surface area contributed by atoms with Crippen LogP contribution in [0.25, 0.3) is 0 Å². The summed E-state index contributed by atoms with van der Waals surface area (Å²) in [6.07, 6.45) is 0. The Bertz CT molecular complexity index is 203. The van der Waals surface area contributed by atoms with Crippen molar-refractivity contribution in [2.45, 2.75) is 0 Å². The molecule has 1 radical (unpaired) electrons. The van der Waals surface area contributed by atoms with Crippen LogP contribution in [0, 0.1) is 0 Å². The second kappa shape index (κ2) is 3.09. The Labute approximate surface area is 69.9 Å². The van der Waals surface area contributed by atoms with E-state index in [4.69, 9.17) is 0 Å². The molecular weight excluding hydrogens is 189 g/mol. The van der Waals surface area contributed by atoms with Gasteiger partial charge in [0.15, 0.2) is 0 Å². The van der Waals surface area contributed by atoms with E-state index >= 15 is 0 Å². The number of rotatable bonds is 1. The molecule has 0 aliphatic heterocycles. The summed E-state index contributed by atoms with van der Waals surface area (Å²) in [5.41, 5.74) is 1.24. The van der Waals surface area contributed by atoms with Crippen LogP contribution in [0.5, 0.6) is 0 Å². The Morgan fingerprint density at radius 3 is 2.00 bits per heavy atom. The Balaban J connectivity index is 2.89. The molecule has 0 amide bonds. The van der Waals surface area contributed by atoms with Gasteiger partial charge < -0.3 is 0 Å². The maximum absolute atomic E-state index is 2.95.